The van der Waals surface area contributed by atoms with Gasteiger partial charge >= 0.3 is 17.9 Å². The summed E-state index contributed by atoms with van der Waals surface area (Å²) in [5.74, 6) is -0.973. The highest BCUT2D eigenvalue weighted by Gasteiger charge is 2.19. The Labute approximate surface area is 438 Å². The van der Waals surface area contributed by atoms with E-state index in [9.17, 15) is 14.4 Å². The van der Waals surface area contributed by atoms with Crippen molar-refractivity contribution in [1.29, 1.82) is 0 Å². The fourth-order valence-electron chi connectivity index (χ4n) is 8.20. The zero-order chi connectivity index (χ0) is 51.4. The van der Waals surface area contributed by atoms with E-state index in [1.54, 1.807) is 0 Å². The highest BCUT2D eigenvalue weighted by Crippen LogP contribution is 2.16. The Morgan fingerprint density at radius 3 is 1.03 bits per heavy atom. The lowest BCUT2D eigenvalue weighted by molar-refractivity contribution is -0.167. The van der Waals surface area contributed by atoms with Gasteiger partial charge < -0.3 is 14.2 Å². The molecule has 6 nitrogen and oxygen atoms in total. The average molecular weight is 988 g/mol. The molecule has 0 heterocycles. The molecule has 71 heavy (non-hydrogen) atoms. The van der Waals surface area contributed by atoms with E-state index in [1.165, 1.54) is 148 Å². The molecule has 0 fully saturated rings. The summed E-state index contributed by atoms with van der Waals surface area (Å²) in [7, 11) is 0. The van der Waals surface area contributed by atoms with Crippen molar-refractivity contribution >= 4 is 17.9 Å². The van der Waals surface area contributed by atoms with Crippen molar-refractivity contribution in [3.8, 4) is 0 Å². The third-order valence-electron chi connectivity index (χ3n) is 12.7. The van der Waals surface area contributed by atoms with Crippen molar-refractivity contribution in [3.05, 3.63) is 97.2 Å². The van der Waals surface area contributed by atoms with Gasteiger partial charge in [-0.1, -0.05) is 285 Å². The van der Waals surface area contributed by atoms with E-state index in [1.807, 2.05) is 24.3 Å². The number of carbonyl (C=O) groups excluding carboxylic acids is 3. The molecule has 0 spiro atoms. The second-order valence-corrected chi connectivity index (χ2v) is 19.7. The number of allylic oxidation sites excluding steroid dienone is 16. The lowest BCUT2D eigenvalue weighted by atomic mass is 10.0. The average Bonchev–Trinajstić information content (AvgIpc) is 3.37. The van der Waals surface area contributed by atoms with Gasteiger partial charge in [-0.15, -0.1) is 0 Å². The molecule has 0 aliphatic heterocycles. The van der Waals surface area contributed by atoms with Gasteiger partial charge in [0.2, 0.25) is 0 Å². The topological polar surface area (TPSA) is 78.9 Å². The molecule has 0 saturated carbocycles. The van der Waals surface area contributed by atoms with Gasteiger partial charge in [0.25, 0.3) is 0 Å². The predicted molar refractivity (Wildman–Crippen MR) is 307 cm³/mol. The fraction of sp³-hybridized carbons (Fsp3) is 0.708. The third kappa shape index (κ3) is 57.1. The number of hydrogen-bond donors (Lipinski definition) is 0. The molecule has 0 aliphatic rings. The molecule has 6 heteroatoms. The van der Waals surface area contributed by atoms with E-state index in [0.29, 0.717) is 19.3 Å². The third-order valence-corrected chi connectivity index (χ3v) is 12.7. The van der Waals surface area contributed by atoms with Gasteiger partial charge in [-0.25, -0.2) is 0 Å². The highest BCUT2D eigenvalue weighted by atomic mass is 16.6. The van der Waals surface area contributed by atoms with Crippen molar-refractivity contribution in [2.75, 3.05) is 13.2 Å². The number of carbonyl (C=O) groups is 3. The SMILES string of the molecule is CCC\C=C/C=C\C=C/C=C\C=C/CCCCCCCC(=O)OCC(COC(=O)CCC/C=C\C/C=C\C/C=C\CCCCCCCC)OC(=O)CCCCCCCCCCCCCCCCCCCC. The van der Waals surface area contributed by atoms with Crippen LogP contribution in [0.4, 0.5) is 0 Å². The van der Waals surface area contributed by atoms with Gasteiger partial charge in [0.1, 0.15) is 13.2 Å². The molecule has 1 atom stereocenters. The van der Waals surface area contributed by atoms with Crippen LogP contribution in [0.25, 0.3) is 0 Å². The Kier molecular flexibility index (Phi) is 55.9. The number of esters is 3. The zero-order valence-electron chi connectivity index (χ0n) is 46.5. The molecule has 0 aromatic carbocycles. The molecule has 0 bridgehead atoms. The van der Waals surface area contributed by atoms with Gasteiger partial charge in [-0.3, -0.25) is 14.4 Å². The van der Waals surface area contributed by atoms with E-state index in [2.05, 4.69) is 93.7 Å². The summed E-state index contributed by atoms with van der Waals surface area (Å²) in [4.78, 5) is 38.2. The van der Waals surface area contributed by atoms with Crippen LogP contribution in [0, 0.1) is 0 Å². The van der Waals surface area contributed by atoms with E-state index in [0.717, 1.165) is 83.5 Å². The van der Waals surface area contributed by atoms with Gasteiger partial charge in [0.15, 0.2) is 6.10 Å². The number of rotatable bonds is 53. The van der Waals surface area contributed by atoms with Gasteiger partial charge in [0.05, 0.1) is 0 Å². The van der Waals surface area contributed by atoms with Crippen LogP contribution in [0.5, 0.6) is 0 Å². The van der Waals surface area contributed by atoms with E-state index < -0.39 is 6.10 Å². The molecule has 0 aliphatic carbocycles. The summed E-state index contributed by atoms with van der Waals surface area (Å²) < 4.78 is 16.8. The smallest absolute Gasteiger partial charge is 0.306 e. The second kappa shape index (κ2) is 58.9. The van der Waals surface area contributed by atoms with Crippen LogP contribution >= 0.6 is 0 Å². The van der Waals surface area contributed by atoms with Crippen LogP contribution in [0.1, 0.15) is 278 Å². The van der Waals surface area contributed by atoms with Crippen LogP contribution in [0.15, 0.2) is 97.2 Å². The Hall–Kier alpha value is -3.67. The normalized spacial score (nSPS) is 12.8. The quantitative estimate of drug-likeness (QED) is 0.0199. The minimum absolute atomic E-state index is 0.105. The van der Waals surface area contributed by atoms with Crippen LogP contribution in [0.2, 0.25) is 0 Å². The van der Waals surface area contributed by atoms with Crippen LogP contribution in [-0.2, 0) is 28.6 Å². The Balaban J connectivity index is 4.50. The summed E-state index contributed by atoms with van der Waals surface area (Å²) in [6.45, 7) is 6.50. The lowest BCUT2D eigenvalue weighted by Gasteiger charge is -2.18. The lowest BCUT2D eigenvalue weighted by Crippen LogP contribution is -2.30. The van der Waals surface area contributed by atoms with Crippen molar-refractivity contribution in [2.45, 2.75) is 284 Å². The maximum atomic E-state index is 12.9. The Bertz CT molecular complexity index is 1410. The molecule has 0 N–H and O–H groups in total. The number of hydrogen-bond acceptors (Lipinski definition) is 6. The molecule has 1 unspecified atom stereocenters. The summed E-state index contributed by atoms with van der Waals surface area (Å²) in [6, 6.07) is 0. The molecular formula is C65H110O6. The minimum atomic E-state index is -0.809. The highest BCUT2D eigenvalue weighted by molar-refractivity contribution is 5.71. The summed E-state index contributed by atoms with van der Waals surface area (Å²) >= 11 is 0. The summed E-state index contributed by atoms with van der Waals surface area (Å²) in [6.07, 6.45) is 78.3. The van der Waals surface area contributed by atoms with E-state index in [-0.39, 0.29) is 37.5 Å². The molecule has 406 valence electrons. The first-order valence-corrected chi connectivity index (χ1v) is 29.8. The first-order chi connectivity index (χ1) is 35.0. The number of ether oxygens (including phenoxy) is 3. The largest absolute Gasteiger partial charge is 0.462 e. The maximum Gasteiger partial charge on any atom is 0.306 e. The fourth-order valence-corrected chi connectivity index (χ4v) is 8.20. The van der Waals surface area contributed by atoms with Crippen LogP contribution < -0.4 is 0 Å². The van der Waals surface area contributed by atoms with Gasteiger partial charge in [-0.05, 0) is 70.6 Å². The molecule has 0 saturated heterocycles. The van der Waals surface area contributed by atoms with Crippen molar-refractivity contribution < 1.29 is 28.6 Å². The summed E-state index contributed by atoms with van der Waals surface area (Å²) in [5.41, 5.74) is 0. The Morgan fingerprint density at radius 2 is 0.606 bits per heavy atom. The minimum Gasteiger partial charge on any atom is -0.462 e. The maximum absolute atomic E-state index is 12.9. The summed E-state index contributed by atoms with van der Waals surface area (Å²) in [5, 5.41) is 0. The molecule has 0 rings (SSSR count). The van der Waals surface area contributed by atoms with E-state index >= 15 is 0 Å². The first kappa shape index (κ1) is 67.3. The van der Waals surface area contributed by atoms with Gasteiger partial charge in [-0.2, -0.15) is 0 Å². The van der Waals surface area contributed by atoms with Gasteiger partial charge in [0, 0.05) is 19.3 Å². The predicted octanol–water partition coefficient (Wildman–Crippen LogP) is 20.1. The zero-order valence-corrected chi connectivity index (χ0v) is 46.5. The van der Waals surface area contributed by atoms with Crippen LogP contribution in [-0.4, -0.2) is 37.2 Å². The van der Waals surface area contributed by atoms with E-state index in [4.69, 9.17) is 14.2 Å². The molecule has 0 aromatic rings. The monoisotopic (exact) mass is 987 g/mol. The first-order valence-electron chi connectivity index (χ1n) is 29.8. The standard InChI is InChI=1S/C65H110O6/c1-4-7-10-13-16-19-22-25-28-31-34-37-40-43-46-49-52-55-58-64(67)70-61-62(60-69-63(66)57-54-51-48-45-42-39-36-33-30-27-24-21-18-15-12-9-6-3)71-65(68)59-56-53-50-47-44-41-38-35-32-29-26-23-20-17-14-11-8-5-2/h10,13,16,19,22,25,27-28,30-31,34,36-37,39,45,48,62H,4-9,11-12,14-15,17-18,20-21,23-24,26,29,32-33,35,38,40-44,46-47,49-61H2,1-3H3/b13-10-,19-16-,25-22-,30-27-,31-28-,37-34-,39-36-,48-45-. The van der Waals surface area contributed by atoms with Crippen molar-refractivity contribution in [1.82, 2.24) is 0 Å². The molecule has 0 amide bonds. The van der Waals surface area contributed by atoms with Crippen LogP contribution in [0.3, 0.4) is 0 Å². The molecular weight excluding hydrogens is 877 g/mol. The Morgan fingerprint density at radius 1 is 0.296 bits per heavy atom. The number of unbranched alkanes of at least 4 members (excludes halogenated alkanes) is 30. The molecule has 0 radical (unpaired) electrons. The second-order valence-electron chi connectivity index (χ2n) is 19.7. The van der Waals surface area contributed by atoms with Crippen molar-refractivity contribution in [3.63, 3.8) is 0 Å². The van der Waals surface area contributed by atoms with Crippen molar-refractivity contribution in [2.24, 2.45) is 0 Å². The molecule has 0 aromatic heterocycles.